The van der Waals surface area contributed by atoms with Crippen LogP contribution in [0, 0.1) is 5.92 Å². The van der Waals surface area contributed by atoms with E-state index in [1.54, 1.807) is 0 Å². The summed E-state index contributed by atoms with van der Waals surface area (Å²) in [5.74, 6) is 1.46. The molecule has 1 aliphatic rings. The van der Waals surface area contributed by atoms with E-state index < -0.39 is 0 Å². The van der Waals surface area contributed by atoms with Crippen LogP contribution >= 0.6 is 23.2 Å². The Labute approximate surface area is 168 Å². The molecule has 4 nitrogen and oxygen atoms in total. The maximum atomic E-state index is 11.8. The standard InChI is InChI=1S/C21H21Cl2N3O/c22-16-10-7-14(12-17(16)23)13-26-19-5-2-1-4-18(19)25-20(26)6-3-11-24-21(27)15-8-9-15/h1-2,4-5,7,10,12,15H,3,6,8-9,11,13H2,(H,24,27). The van der Waals surface area contributed by atoms with Crippen LogP contribution in [-0.2, 0) is 17.8 Å². The number of carbonyl (C=O) groups is 1. The molecule has 0 aliphatic heterocycles. The van der Waals surface area contributed by atoms with Crippen molar-refractivity contribution < 1.29 is 4.79 Å². The molecule has 0 bridgehead atoms. The lowest BCUT2D eigenvalue weighted by atomic mass is 10.2. The van der Waals surface area contributed by atoms with Crippen LogP contribution in [0.25, 0.3) is 11.0 Å². The molecule has 2 aromatic carbocycles. The van der Waals surface area contributed by atoms with Gasteiger partial charge >= 0.3 is 0 Å². The van der Waals surface area contributed by atoms with Gasteiger partial charge in [0, 0.05) is 25.4 Å². The van der Waals surface area contributed by atoms with Crippen molar-refractivity contribution in [3.8, 4) is 0 Å². The molecule has 0 radical (unpaired) electrons. The summed E-state index contributed by atoms with van der Waals surface area (Å²) >= 11 is 12.2. The number of nitrogens with zero attached hydrogens (tertiary/aromatic N) is 2. The first-order chi connectivity index (χ1) is 13.1. The monoisotopic (exact) mass is 401 g/mol. The van der Waals surface area contributed by atoms with Crippen LogP contribution in [0.15, 0.2) is 42.5 Å². The molecule has 1 aromatic heterocycles. The van der Waals surface area contributed by atoms with Crippen LogP contribution in [-0.4, -0.2) is 22.0 Å². The molecule has 1 amide bonds. The summed E-state index contributed by atoms with van der Waals surface area (Å²) in [6.45, 7) is 1.37. The van der Waals surface area contributed by atoms with Gasteiger partial charge in [-0.05, 0) is 49.1 Å². The Morgan fingerprint density at radius 3 is 2.74 bits per heavy atom. The molecule has 27 heavy (non-hydrogen) atoms. The van der Waals surface area contributed by atoms with Crippen LogP contribution in [0.5, 0.6) is 0 Å². The number of hydrogen-bond donors (Lipinski definition) is 1. The number of hydrogen-bond acceptors (Lipinski definition) is 2. The van der Waals surface area contributed by atoms with Crippen molar-refractivity contribution in [1.29, 1.82) is 0 Å². The molecule has 1 fully saturated rings. The van der Waals surface area contributed by atoms with Crippen LogP contribution in [0.4, 0.5) is 0 Å². The van der Waals surface area contributed by atoms with Crippen molar-refractivity contribution in [2.45, 2.75) is 32.2 Å². The summed E-state index contributed by atoms with van der Waals surface area (Å²) in [6, 6.07) is 13.8. The maximum Gasteiger partial charge on any atom is 0.223 e. The summed E-state index contributed by atoms with van der Waals surface area (Å²) in [5, 5.41) is 4.14. The van der Waals surface area contributed by atoms with Crippen molar-refractivity contribution in [1.82, 2.24) is 14.9 Å². The van der Waals surface area contributed by atoms with Gasteiger partial charge < -0.3 is 9.88 Å². The zero-order valence-electron chi connectivity index (χ0n) is 14.9. The minimum atomic E-state index is 0.194. The van der Waals surface area contributed by atoms with Crippen molar-refractivity contribution in [3.63, 3.8) is 0 Å². The maximum absolute atomic E-state index is 11.8. The molecule has 4 rings (SSSR count). The normalized spacial score (nSPS) is 13.9. The van der Waals surface area contributed by atoms with E-state index in [4.69, 9.17) is 28.2 Å². The summed E-state index contributed by atoms with van der Waals surface area (Å²) in [5.41, 5.74) is 3.16. The predicted octanol–water partition coefficient (Wildman–Crippen LogP) is 4.85. The van der Waals surface area contributed by atoms with E-state index in [1.807, 2.05) is 36.4 Å². The number of aryl methyl sites for hydroxylation is 1. The Hall–Kier alpha value is -2.04. The van der Waals surface area contributed by atoms with Gasteiger partial charge in [0.1, 0.15) is 5.82 Å². The number of fused-ring (bicyclic) bond motifs is 1. The van der Waals surface area contributed by atoms with Crippen molar-refractivity contribution >= 4 is 40.1 Å². The first-order valence-corrected chi connectivity index (χ1v) is 10.0. The van der Waals surface area contributed by atoms with E-state index in [0.29, 0.717) is 23.1 Å². The minimum absolute atomic E-state index is 0.194. The number of aromatic nitrogens is 2. The number of amides is 1. The van der Waals surface area contributed by atoms with Gasteiger partial charge in [-0.15, -0.1) is 0 Å². The average Bonchev–Trinajstić information content (AvgIpc) is 3.46. The molecule has 1 N–H and O–H groups in total. The molecule has 1 saturated carbocycles. The van der Waals surface area contributed by atoms with Gasteiger partial charge in [-0.2, -0.15) is 0 Å². The highest BCUT2D eigenvalue weighted by Gasteiger charge is 2.29. The lowest BCUT2D eigenvalue weighted by Crippen LogP contribution is -2.26. The van der Waals surface area contributed by atoms with E-state index in [2.05, 4.69) is 16.0 Å². The molecule has 0 atom stereocenters. The second-order valence-corrected chi connectivity index (χ2v) is 7.83. The zero-order chi connectivity index (χ0) is 18.8. The number of imidazole rings is 1. The predicted molar refractivity (Wildman–Crippen MR) is 109 cm³/mol. The molecule has 0 spiro atoms. The number of nitrogens with one attached hydrogen (secondary N) is 1. The van der Waals surface area contributed by atoms with Crippen LogP contribution in [0.2, 0.25) is 10.0 Å². The quantitative estimate of drug-likeness (QED) is 0.575. The second kappa shape index (κ2) is 7.91. The van der Waals surface area contributed by atoms with E-state index in [0.717, 1.165) is 48.1 Å². The topological polar surface area (TPSA) is 46.9 Å². The van der Waals surface area contributed by atoms with Crippen LogP contribution in [0.3, 0.4) is 0 Å². The van der Waals surface area contributed by atoms with Crippen LogP contribution < -0.4 is 5.32 Å². The van der Waals surface area contributed by atoms with Crippen LogP contribution in [0.1, 0.15) is 30.7 Å². The number of benzene rings is 2. The molecular formula is C21H21Cl2N3O. The highest BCUT2D eigenvalue weighted by Crippen LogP contribution is 2.28. The number of halogens is 2. The lowest BCUT2D eigenvalue weighted by molar-refractivity contribution is -0.122. The van der Waals surface area contributed by atoms with Gasteiger partial charge in [0.2, 0.25) is 5.91 Å². The van der Waals surface area contributed by atoms with Crippen molar-refractivity contribution in [2.24, 2.45) is 5.92 Å². The first kappa shape index (κ1) is 18.3. The Morgan fingerprint density at radius 1 is 1.15 bits per heavy atom. The Bertz CT molecular complexity index is 979. The molecular weight excluding hydrogens is 381 g/mol. The van der Waals surface area contributed by atoms with E-state index in [1.165, 1.54) is 0 Å². The number of rotatable bonds is 7. The van der Waals surface area contributed by atoms with Gasteiger partial charge in [0.05, 0.1) is 21.1 Å². The highest BCUT2D eigenvalue weighted by atomic mass is 35.5. The summed E-state index contributed by atoms with van der Waals surface area (Å²) in [4.78, 5) is 16.6. The van der Waals surface area contributed by atoms with E-state index in [-0.39, 0.29) is 11.8 Å². The lowest BCUT2D eigenvalue weighted by Gasteiger charge is -2.11. The molecule has 3 aromatic rings. The van der Waals surface area contributed by atoms with Gasteiger partial charge in [-0.25, -0.2) is 4.98 Å². The van der Waals surface area contributed by atoms with Crippen molar-refractivity contribution in [3.05, 3.63) is 63.9 Å². The molecule has 0 unspecified atom stereocenters. The molecule has 6 heteroatoms. The van der Waals surface area contributed by atoms with E-state index in [9.17, 15) is 4.79 Å². The zero-order valence-corrected chi connectivity index (χ0v) is 16.4. The van der Waals surface area contributed by atoms with E-state index >= 15 is 0 Å². The summed E-state index contributed by atoms with van der Waals surface area (Å²) in [6.07, 6.45) is 3.74. The smallest absolute Gasteiger partial charge is 0.223 e. The minimum Gasteiger partial charge on any atom is -0.356 e. The third-order valence-corrected chi connectivity index (χ3v) is 5.62. The van der Waals surface area contributed by atoms with Gasteiger partial charge in [0.15, 0.2) is 0 Å². The number of carbonyl (C=O) groups excluding carboxylic acids is 1. The first-order valence-electron chi connectivity index (χ1n) is 9.27. The summed E-state index contributed by atoms with van der Waals surface area (Å²) in [7, 11) is 0. The fourth-order valence-electron chi connectivity index (χ4n) is 3.26. The molecule has 1 heterocycles. The number of para-hydroxylation sites is 2. The Kier molecular flexibility index (Phi) is 5.37. The molecule has 0 saturated heterocycles. The SMILES string of the molecule is O=C(NCCCc1nc2ccccc2n1Cc1ccc(Cl)c(Cl)c1)C1CC1. The average molecular weight is 402 g/mol. The van der Waals surface area contributed by atoms with Gasteiger partial charge in [0.25, 0.3) is 0 Å². The van der Waals surface area contributed by atoms with Gasteiger partial charge in [-0.1, -0.05) is 41.4 Å². The Morgan fingerprint density at radius 2 is 1.96 bits per heavy atom. The fraction of sp³-hybridized carbons (Fsp3) is 0.333. The Balaban J connectivity index is 1.51. The summed E-state index contributed by atoms with van der Waals surface area (Å²) < 4.78 is 2.22. The van der Waals surface area contributed by atoms with Crippen molar-refractivity contribution in [2.75, 3.05) is 6.54 Å². The van der Waals surface area contributed by atoms with Gasteiger partial charge in [-0.3, -0.25) is 4.79 Å². The third-order valence-electron chi connectivity index (χ3n) is 4.88. The third kappa shape index (κ3) is 4.28. The molecule has 140 valence electrons. The molecule has 1 aliphatic carbocycles. The second-order valence-electron chi connectivity index (χ2n) is 7.02. The highest BCUT2D eigenvalue weighted by molar-refractivity contribution is 6.42. The largest absolute Gasteiger partial charge is 0.356 e. The fourth-order valence-corrected chi connectivity index (χ4v) is 3.58.